The third kappa shape index (κ3) is 2.65. The number of benzene rings is 1. The second-order valence-electron chi connectivity index (χ2n) is 8.79. The lowest BCUT2D eigenvalue weighted by molar-refractivity contribution is -0.0950. The monoisotopic (exact) mass is 435 g/mol. The van der Waals surface area contributed by atoms with Crippen molar-refractivity contribution in [3.63, 3.8) is 0 Å². The van der Waals surface area contributed by atoms with Gasteiger partial charge in [0, 0.05) is 29.2 Å². The maximum atomic E-state index is 10.9. The van der Waals surface area contributed by atoms with E-state index < -0.39 is 30.6 Å². The van der Waals surface area contributed by atoms with Gasteiger partial charge in [-0.2, -0.15) is 0 Å². The number of pyridine rings is 1. The Bertz CT molecular complexity index is 1310. The number of aliphatic hydroxyl groups is 3. The van der Waals surface area contributed by atoms with Crippen molar-refractivity contribution >= 4 is 33.6 Å². The molecule has 1 fully saturated rings. The van der Waals surface area contributed by atoms with E-state index in [4.69, 9.17) is 4.74 Å². The number of para-hydroxylation sites is 1. The number of ether oxygens (including phenoxy) is 1. The summed E-state index contributed by atoms with van der Waals surface area (Å²) in [5.41, 5.74) is 2.95. The number of hydrogen-bond acceptors (Lipinski definition) is 7. The maximum Gasteiger partial charge on any atom is 0.168 e. The Balaban J connectivity index is 1.47. The number of hydrogen-bond donors (Lipinski definition) is 4. The minimum atomic E-state index is -1.60. The molecule has 2 aliphatic heterocycles. The molecular weight excluding hydrogens is 410 g/mol. The van der Waals surface area contributed by atoms with Gasteiger partial charge in [-0.25, -0.2) is 9.97 Å². The fourth-order valence-electron chi connectivity index (χ4n) is 5.14. The number of aliphatic hydroxyl groups excluding tert-OH is 2. The summed E-state index contributed by atoms with van der Waals surface area (Å²) in [5.74, 6) is 1.07. The molecule has 6 rings (SSSR count). The fraction of sp³-hybridized carbons (Fsp3) is 0.391. The van der Waals surface area contributed by atoms with Crippen molar-refractivity contribution in [2.24, 2.45) is 0 Å². The highest BCUT2D eigenvalue weighted by Crippen LogP contribution is 2.42. The van der Waals surface area contributed by atoms with E-state index in [1.807, 2.05) is 12.1 Å². The van der Waals surface area contributed by atoms with Gasteiger partial charge >= 0.3 is 0 Å². The SMILES string of the molecule is C[C@@]1(O)[C@H](O)[C@@H](CO)O[C@H]1n1cnc2c(N3CCCc4c3[nH]c3ccccc43)ccnc21. The fourth-order valence-corrected chi connectivity index (χ4v) is 5.14. The van der Waals surface area contributed by atoms with Crippen molar-refractivity contribution < 1.29 is 20.1 Å². The van der Waals surface area contributed by atoms with Gasteiger partial charge in [0.1, 0.15) is 29.1 Å². The van der Waals surface area contributed by atoms with Gasteiger partial charge in [-0.15, -0.1) is 0 Å². The second kappa shape index (κ2) is 7.01. The largest absolute Gasteiger partial charge is 0.394 e. The summed E-state index contributed by atoms with van der Waals surface area (Å²) in [7, 11) is 0. The zero-order valence-electron chi connectivity index (χ0n) is 17.6. The van der Waals surface area contributed by atoms with E-state index >= 15 is 0 Å². The number of aromatic amines is 1. The van der Waals surface area contributed by atoms with Crippen LogP contribution in [0.4, 0.5) is 11.5 Å². The molecule has 0 bridgehead atoms. The van der Waals surface area contributed by atoms with E-state index in [0.717, 1.165) is 36.4 Å². The molecule has 4 aromatic rings. The van der Waals surface area contributed by atoms with Crippen LogP contribution >= 0.6 is 0 Å². The minimum absolute atomic E-state index is 0.393. The van der Waals surface area contributed by atoms with Gasteiger partial charge in [0.15, 0.2) is 11.9 Å². The third-order valence-electron chi connectivity index (χ3n) is 6.79. The zero-order chi connectivity index (χ0) is 22.0. The number of aromatic nitrogens is 4. The highest BCUT2D eigenvalue weighted by Gasteiger charge is 2.53. The number of rotatable bonds is 3. The Kier molecular flexibility index (Phi) is 4.31. The summed E-state index contributed by atoms with van der Waals surface area (Å²) in [4.78, 5) is 14.9. The maximum absolute atomic E-state index is 10.9. The number of anilines is 2. The van der Waals surface area contributed by atoms with Gasteiger partial charge in [0.05, 0.1) is 18.6 Å². The molecule has 5 heterocycles. The Morgan fingerprint density at radius 2 is 2.09 bits per heavy atom. The van der Waals surface area contributed by atoms with Gasteiger partial charge in [-0.05, 0) is 31.9 Å². The van der Waals surface area contributed by atoms with E-state index in [9.17, 15) is 15.3 Å². The average molecular weight is 435 g/mol. The lowest BCUT2D eigenvalue weighted by Gasteiger charge is -2.29. The van der Waals surface area contributed by atoms with Gasteiger partial charge in [0.2, 0.25) is 0 Å². The molecule has 0 saturated carbocycles. The van der Waals surface area contributed by atoms with Crippen LogP contribution in [-0.2, 0) is 11.2 Å². The second-order valence-corrected chi connectivity index (χ2v) is 8.79. The summed E-state index contributed by atoms with van der Waals surface area (Å²) in [6.07, 6.45) is 2.29. The molecule has 4 atom stereocenters. The molecule has 9 heteroatoms. The predicted molar refractivity (Wildman–Crippen MR) is 119 cm³/mol. The van der Waals surface area contributed by atoms with Crippen molar-refractivity contribution in [1.82, 2.24) is 19.5 Å². The molecule has 166 valence electrons. The molecule has 32 heavy (non-hydrogen) atoms. The molecule has 4 N–H and O–H groups in total. The molecule has 0 spiro atoms. The number of fused-ring (bicyclic) bond motifs is 4. The van der Waals surface area contributed by atoms with Crippen LogP contribution in [-0.4, -0.2) is 65.8 Å². The standard InChI is InChI=1S/C23H25N5O4/c1-23(31)19(30)17(11-29)32-22(23)28-12-25-18-16(8-9-24-21(18)28)27-10-4-6-14-13-5-2-3-7-15(13)26-20(14)27/h2-3,5,7-9,12,17,19,22,26,29-31H,4,6,10-11H2,1H3/t17-,19-,22-,23-/m1/s1. The highest BCUT2D eigenvalue weighted by atomic mass is 16.6. The first kappa shape index (κ1) is 19.7. The van der Waals surface area contributed by atoms with E-state index in [2.05, 4.69) is 38.1 Å². The van der Waals surface area contributed by atoms with Crippen LogP contribution in [0.2, 0.25) is 0 Å². The van der Waals surface area contributed by atoms with Gasteiger partial charge in [-0.1, -0.05) is 18.2 Å². The molecule has 2 aliphatic rings. The van der Waals surface area contributed by atoms with Gasteiger partial charge in [-0.3, -0.25) is 4.57 Å². The third-order valence-corrected chi connectivity index (χ3v) is 6.79. The molecule has 3 aromatic heterocycles. The van der Waals surface area contributed by atoms with Crippen molar-refractivity contribution in [2.45, 2.75) is 43.8 Å². The first-order chi connectivity index (χ1) is 15.5. The van der Waals surface area contributed by atoms with Crippen LogP contribution in [0.5, 0.6) is 0 Å². The summed E-state index contributed by atoms with van der Waals surface area (Å²) in [6.45, 7) is 1.94. The summed E-state index contributed by atoms with van der Waals surface area (Å²) in [5, 5.41) is 32.1. The minimum Gasteiger partial charge on any atom is -0.394 e. The summed E-state index contributed by atoms with van der Waals surface area (Å²) in [6, 6.07) is 10.3. The van der Waals surface area contributed by atoms with Crippen LogP contribution in [0.3, 0.4) is 0 Å². The number of nitrogens with zero attached hydrogens (tertiary/aromatic N) is 4. The van der Waals surface area contributed by atoms with Gasteiger partial charge in [0.25, 0.3) is 0 Å². The average Bonchev–Trinajstić information content (AvgIpc) is 3.46. The first-order valence-electron chi connectivity index (χ1n) is 10.9. The van der Waals surface area contributed by atoms with Crippen LogP contribution in [0.25, 0.3) is 22.1 Å². The van der Waals surface area contributed by atoms with Crippen molar-refractivity contribution in [2.75, 3.05) is 18.1 Å². The van der Waals surface area contributed by atoms with Gasteiger partial charge < -0.3 is 29.9 Å². The van der Waals surface area contributed by atoms with Crippen LogP contribution in [0.1, 0.15) is 25.1 Å². The number of imidazole rings is 1. The van der Waals surface area contributed by atoms with Crippen LogP contribution in [0, 0.1) is 0 Å². The van der Waals surface area contributed by atoms with Crippen molar-refractivity contribution in [3.05, 3.63) is 48.4 Å². The Morgan fingerprint density at radius 3 is 2.91 bits per heavy atom. The van der Waals surface area contributed by atoms with E-state index in [1.165, 1.54) is 17.9 Å². The van der Waals surface area contributed by atoms with E-state index in [-0.39, 0.29) is 0 Å². The molecule has 0 unspecified atom stereocenters. The van der Waals surface area contributed by atoms with E-state index in [1.54, 1.807) is 17.1 Å². The lowest BCUT2D eigenvalue weighted by atomic mass is 9.96. The Hall–Kier alpha value is -2.98. The summed E-state index contributed by atoms with van der Waals surface area (Å²) < 4.78 is 7.42. The molecule has 9 nitrogen and oxygen atoms in total. The number of aryl methyl sites for hydroxylation is 1. The molecule has 0 radical (unpaired) electrons. The molecule has 0 aliphatic carbocycles. The first-order valence-corrected chi connectivity index (χ1v) is 10.9. The van der Waals surface area contributed by atoms with E-state index in [0.29, 0.717) is 11.2 Å². The normalized spacial score (nSPS) is 28.0. The Labute approximate surface area is 183 Å². The zero-order valence-corrected chi connectivity index (χ0v) is 17.6. The smallest absolute Gasteiger partial charge is 0.168 e. The topological polar surface area (TPSA) is 120 Å². The quantitative estimate of drug-likeness (QED) is 0.389. The molecule has 0 amide bonds. The van der Waals surface area contributed by atoms with Crippen LogP contribution < -0.4 is 4.90 Å². The molecular formula is C23H25N5O4. The van der Waals surface area contributed by atoms with Crippen molar-refractivity contribution in [3.8, 4) is 0 Å². The van der Waals surface area contributed by atoms with Crippen LogP contribution in [0.15, 0.2) is 42.9 Å². The highest BCUT2D eigenvalue weighted by molar-refractivity contribution is 5.94. The number of H-pyrrole nitrogens is 1. The Morgan fingerprint density at radius 1 is 1.25 bits per heavy atom. The summed E-state index contributed by atoms with van der Waals surface area (Å²) >= 11 is 0. The predicted octanol–water partition coefficient (Wildman–Crippen LogP) is 2.00. The number of nitrogens with one attached hydrogen (secondary N) is 1. The lowest BCUT2D eigenvalue weighted by Crippen LogP contribution is -2.44. The van der Waals surface area contributed by atoms with Crippen molar-refractivity contribution in [1.29, 1.82) is 0 Å². The molecule has 1 saturated heterocycles. The molecule has 1 aromatic carbocycles.